The van der Waals surface area contributed by atoms with Crippen molar-refractivity contribution in [3.05, 3.63) is 29.8 Å². The highest BCUT2D eigenvalue weighted by Crippen LogP contribution is 2.23. The van der Waals surface area contributed by atoms with Gasteiger partial charge in [-0.25, -0.2) is 12.7 Å². The average molecular weight is 354 g/mol. The second kappa shape index (κ2) is 7.76. The summed E-state index contributed by atoms with van der Waals surface area (Å²) in [5, 5.41) is 11.7. The molecule has 1 aliphatic heterocycles. The topological polar surface area (TPSA) is 104 Å². The third-order valence-electron chi connectivity index (χ3n) is 4.13. The summed E-state index contributed by atoms with van der Waals surface area (Å²) in [6.45, 7) is 2.19. The third kappa shape index (κ3) is 4.55. The van der Waals surface area contributed by atoms with E-state index in [2.05, 4.69) is 5.32 Å². The number of amides is 1. The minimum atomic E-state index is -3.31. The number of benzene rings is 1. The number of nitrogens with zero attached hydrogens (tertiary/aromatic N) is 1. The smallest absolute Gasteiger partial charge is 0.307 e. The van der Waals surface area contributed by atoms with E-state index in [1.165, 1.54) is 4.31 Å². The SMILES string of the molecule is CCS(=O)(=O)N1CCCC(C(=O)Nc2ccccc2CC(=O)O)C1. The number of sulfonamides is 1. The van der Waals surface area contributed by atoms with E-state index in [-0.39, 0.29) is 24.6 Å². The van der Waals surface area contributed by atoms with Crippen LogP contribution in [-0.2, 0) is 26.0 Å². The molecule has 7 nitrogen and oxygen atoms in total. The van der Waals surface area contributed by atoms with Crippen molar-refractivity contribution < 1.29 is 23.1 Å². The Hall–Kier alpha value is -1.93. The van der Waals surface area contributed by atoms with Gasteiger partial charge in [0.05, 0.1) is 18.1 Å². The minimum absolute atomic E-state index is 0.0167. The van der Waals surface area contributed by atoms with Crippen LogP contribution >= 0.6 is 0 Å². The van der Waals surface area contributed by atoms with Crippen molar-refractivity contribution in [3.63, 3.8) is 0 Å². The molecule has 1 aromatic carbocycles. The highest BCUT2D eigenvalue weighted by molar-refractivity contribution is 7.89. The van der Waals surface area contributed by atoms with Gasteiger partial charge in [0.25, 0.3) is 0 Å². The molecule has 1 atom stereocenters. The van der Waals surface area contributed by atoms with E-state index < -0.39 is 21.9 Å². The summed E-state index contributed by atoms with van der Waals surface area (Å²) in [7, 11) is -3.31. The third-order valence-corrected chi connectivity index (χ3v) is 5.98. The lowest BCUT2D eigenvalue weighted by Crippen LogP contribution is -2.44. The van der Waals surface area contributed by atoms with Crippen molar-refractivity contribution >= 4 is 27.6 Å². The Morgan fingerprint density at radius 3 is 2.71 bits per heavy atom. The van der Waals surface area contributed by atoms with Crippen LogP contribution in [0.15, 0.2) is 24.3 Å². The predicted octanol–water partition coefficient (Wildman–Crippen LogP) is 1.31. The van der Waals surface area contributed by atoms with E-state index in [1.807, 2.05) is 0 Å². The van der Waals surface area contributed by atoms with Gasteiger partial charge in [-0.2, -0.15) is 0 Å². The maximum Gasteiger partial charge on any atom is 0.307 e. The van der Waals surface area contributed by atoms with E-state index in [9.17, 15) is 18.0 Å². The van der Waals surface area contributed by atoms with Gasteiger partial charge in [-0.3, -0.25) is 9.59 Å². The van der Waals surface area contributed by atoms with Crippen LogP contribution in [-0.4, -0.2) is 48.5 Å². The Labute approximate surface area is 141 Å². The number of carboxylic acids is 1. The first kappa shape index (κ1) is 18.4. The number of aliphatic carboxylic acids is 1. The van der Waals surface area contributed by atoms with E-state index in [1.54, 1.807) is 31.2 Å². The van der Waals surface area contributed by atoms with E-state index >= 15 is 0 Å². The number of rotatable bonds is 6. The summed E-state index contributed by atoms with van der Waals surface area (Å²) >= 11 is 0. The molecule has 1 unspecified atom stereocenters. The van der Waals surface area contributed by atoms with Gasteiger partial charge in [0.1, 0.15) is 0 Å². The summed E-state index contributed by atoms with van der Waals surface area (Å²) < 4.78 is 25.3. The highest BCUT2D eigenvalue weighted by Gasteiger charge is 2.31. The Bertz CT molecular complexity index is 717. The second-order valence-electron chi connectivity index (χ2n) is 5.81. The van der Waals surface area contributed by atoms with Crippen molar-refractivity contribution in [2.24, 2.45) is 5.92 Å². The van der Waals surface area contributed by atoms with Gasteiger partial charge in [-0.1, -0.05) is 18.2 Å². The van der Waals surface area contributed by atoms with Gasteiger partial charge in [-0.15, -0.1) is 0 Å². The molecule has 1 heterocycles. The van der Waals surface area contributed by atoms with Crippen LogP contribution in [0.4, 0.5) is 5.69 Å². The number of carboxylic acid groups (broad SMARTS) is 1. The molecule has 8 heteroatoms. The number of nitrogens with one attached hydrogen (secondary N) is 1. The predicted molar refractivity (Wildman–Crippen MR) is 90.2 cm³/mol. The van der Waals surface area contributed by atoms with Crippen molar-refractivity contribution in [3.8, 4) is 0 Å². The van der Waals surface area contributed by atoms with Crippen LogP contribution < -0.4 is 5.32 Å². The maximum atomic E-state index is 12.5. The first-order valence-corrected chi connectivity index (χ1v) is 9.52. The van der Waals surface area contributed by atoms with Gasteiger partial charge in [0.2, 0.25) is 15.9 Å². The molecule has 0 aliphatic carbocycles. The van der Waals surface area contributed by atoms with Gasteiger partial charge in [-0.05, 0) is 31.4 Å². The quantitative estimate of drug-likeness (QED) is 0.802. The number of carbonyl (C=O) groups excluding carboxylic acids is 1. The second-order valence-corrected chi connectivity index (χ2v) is 8.07. The summed E-state index contributed by atoms with van der Waals surface area (Å²) in [6, 6.07) is 6.73. The van der Waals surface area contributed by atoms with Gasteiger partial charge in [0, 0.05) is 18.8 Å². The lowest BCUT2D eigenvalue weighted by Gasteiger charge is -2.31. The zero-order valence-electron chi connectivity index (χ0n) is 13.6. The van der Waals surface area contributed by atoms with Crippen molar-refractivity contribution in [2.75, 3.05) is 24.2 Å². The van der Waals surface area contributed by atoms with Crippen LogP contribution in [0.3, 0.4) is 0 Å². The number of piperidine rings is 1. The lowest BCUT2D eigenvalue weighted by molar-refractivity contribution is -0.136. The molecule has 24 heavy (non-hydrogen) atoms. The molecular formula is C16H22N2O5S. The van der Waals surface area contributed by atoms with Crippen LogP contribution in [0.25, 0.3) is 0 Å². The zero-order valence-corrected chi connectivity index (χ0v) is 14.4. The molecule has 1 saturated heterocycles. The average Bonchev–Trinajstić information content (AvgIpc) is 2.56. The number of carbonyl (C=O) groups is 2. The Morgan fingerprint density at radius 1 is 1.33 bits per heavy atom. The van der Waals surface area contributed by atoms with Crippen LogP contribution in [0.2, 0.25) is 0 Å². The monoisotopic (exact) mass is 354 g/mol. The molecule has 0 radical (unpaired) electrons. The van der Waals surface area contributed by atoms with E-state index in [4.69, 9.17) is 5.11 Å². The van der Waals surface area contributed by atoms with Crippen LogP contribution in [0.5, 0.6) is 0 Å². The first-order valence-electron chi connectivity index (χ1n) is 7.92. The summed E-state index contributed by atoms with van der Waals surface area (Å²) in [5.41, 5.74) is 0.979. The normalized spacial score (nSPS) is 19.0. The molecule has 0 spiro atoms. The Balaban J connectivity index is 2.09. The largest absolute Gasteiger partial charge is 0.481 e. The standard InChI is InChI=1S/C16H22N2O5S/c1-2-24(22,23)18-9-5-7-13(11-18)16(21)17-14-8-4-3-6-12(14)10-15(19)20/h3-4,6,8,13H,2,5,7,9-11H2,1H3,(H,17,21)(H,19,20). The van der Waals surface area contributed by atoms with Crippen LogP contribution in [0.1, 0.15) is 25.3 Å². The fourth-order valence-electron chi connectivity index (χ4n) is 2.79. The summed E-state index contributed by atoms with van der Waals surface area (Å²) in [5.74, 6) is -1.67. The summed E-state index contributed by atoms with van der Waals surface area (Å²) in [6.07, 6.45) is 1.06. The fourth-order valence-corrected chi connectivity index (χ4v) is 3.97. The Kier molecular flexibility index (Phi) is 5.95. The van der Waals surface area contributed by atoms with Crippen LogP contribution in [0, 0.1) is 5.92 Å². The number of para-hydroxylation sites is 1. The Morgan fingerprint density at radius 2 is 2.04 bits per heavy atom. The fraction of sp³-hybridized carbons (Fsp3) is 0.500. The first-order chi connectivity index (χ1) is 11.3. The molecule has 0 bridgehead atoms. The van der Waals surface area contributed by atoms with Crippen molar-refractivity contribution in [2.45, 2.75) is 26.2 Å². The molecule has 1 fully saturated rings. The van der Waals surface area contributed by atoms with Gasteiger partial charge >= 0.3 is 5.97 Å². The maximum absolute atomic E-state index is 12.5. The molecular weight excluding hydrogens is 332 g/mol. The minimum Gasteiger partial charge on any atom is -0.481 e. The molecule has 2 N–H and O–H groups in total. The van der Waals surface area contributed by atoms with Gasteiger partial charge in [0.15, 0.2) is 0 Å². The van der Waals surface area contributed by atoms with E-state index in [0.29, 0.717) is 30.6 Å². The van der Waals surface area contributed by atoms with Crippen molar-refractivity contribution in [1.29, 1.82) is 0 Å². The zero-order chi connectivity index (χ0) is 17.7. The molecule has 132 valence electrons. The molecule has 2 rings (SSSR count). The van der Waals surface area contributed by atoms with E-state index in [0.717, 1.165) is 0 Å². The molecule has 1 amide bonds. The highest BCUT2D eigenvalue weighted by atomic mass is 32.2. The van der Waals surface area contributed by atoms with Gasteiger partial charge < -0.3 is 10.4 Å². The molecule has 1 aliphatic rings. The molecule has 1 aromatic rings. The molecule has 0 saturated carbocycles. The summed E-state index contributed by atoms with van der Waals surface area (Å²) in [4.78, 5) is 23.4. The van der Waals surface area contributed by atoms with Crippen molar-refractivity contribution in [1.82, 2.24) is 4.31 Å². The lowest BCUT2D eigenvalue weighted by atomic mass is 9.98. The molecule has 0 aromatic heterocycles. The number of hydrogen-bond donors (Lipinski definition) is 2. The number of hydrogen-bond acceptors (Lipinski definition) is 4. The number of anilines is 1.